The van der Waals surface area contributed by atoms with E-state index in [1.165, 1.54) is 22.3 Å². The Bertz CT molecular complexity index is 455. The van der Waals surface area contributed by atoms with Crippen LogP contribution in [-0.2, 0) is 0 Å². The van der Waals surface area contributed by atoms with Crippen LogP contribution in [-0.4, -0.2) is 6.18 Å². The van der Waals surface area contributed by atoms with Gasteiger partial charge in [-0.15, -0.1) is 0 Å². The highest BCUT2D eigenvalue weighted by Gasteiger charge is 2.26. The first-order valence-electron chi connectivity index (χ1n) is 8.24. The van der Waals surface area contributed by atoms with E-state index in [-0.39, 0.29) is 12.3 Å². The fourth-order valence-electron chi connectivity index (χ4n) is 3.04. The van der Waals surface area contributed by atoms with Crippen LogP contribution in [0.3, 0.4) is 0 Å². The maximum Gasteiger partial charge on any atom is 0.389 e. The van der Waals surface area contributed by atoms with Crippen molar-refractivity contribution in [3.8, 4) is 0 Å². The zero-order chi connectivity index (χ0) is 17.1. The lowest BCUT2D eigenvalue weighted by molar-refractivity contribution is -0.135. The van der Waals surface area contributed by atoms with Crippen molar-refractivity contribution < 1.29 is 13.2 Å². The Hall–Kier alpha value is -0.990. The van der Waals surface area contributed by atoms with Crippen molar-refractivity contribution in [1.29, 1.82) is 0 Å². The van der Waals surface area contributed by atoms with Crippen molar-refractivity contribution in [3.63, 3.8) is 0 Å². The summed E-state index contributed by atoms with van der Waals surface area (Å²) in [5.41, 5.74) is 5.16. The highest BCUT2D eigenvalue weighted by Crippen LogP contribution is 2.33. The molecule has 0 amide bonds. The van der Waals surface area contributed by atoms with Gasteiger partial charge in [0, 0.05) is 6.42 Å². The van der Waals surface area contributed by atoms with Crippen molar-refractivity contribution in [2.75, 3.05) is 0 Å². The number of hydrogen-bond acceptors (Lipinski definition) is 0. The Kier molecular flexibility index (Phi) is 6.51. The summed E-state index contributed by atoms with van der Waals surface area (Å²) in [6, 6.07) is 4.40. The van der Waals surface area contributed by atoms with E-state index in [4.69, 9.17) is 0 Å². The molecule has 0 saturated heterocycles. The van der Waals surface area contributed by atoms with Crippen LogP contribution in [0.25, 0.3) is 0 Å². The van der Waals surface area contributed by atoms with Crippen molar-refractivity contribution in [2.45, 2.75) is 84.7 Å². The van der Waals surface area contributed by atoms with Gasteiger partial charge in [-0.2, -0.15) is 13.2 Å². The Morgan fingerprint density at radius 2 is 1.36 bits per heavy atom. The third-order valence-corrected chi connectivity index (χ3v) is 4.42. The average molecular weight is 314 g/mol. The minimum atomic E-state index is -4.04. The first kappa shape index (κ1) is 19.1. The van der Waals surface area contributed by atoms with Crippen LogP contribution < -0.4 is 0 Å². The van der Waals surface area contributed by atoms with Gasteiger partial charge in [0.1, 0.15) is 0 Å². The monoisotopic (exact) mass is 314 g/mol. The zero-order valence-electron chi connectivity index (χ0n) is 14.6. The molecule has 0 N–H and O–H groups in total. The lowest BCUT2D eigenvalue weighted by Crippen LogP contribution is -2.08. The second-order valence-electron chi connectivity index (χ2n) is 7.04. The van der Waals surface area contributed by atoms with Gasteiger partial charge in [0.15, 0.2) is 0 Å². The highest BCUT2D eigenvalue weighted by molar-refractivity contribution is 5.42. The lowest BCUT2D eigenvalue weighted by atomic mass is 9.84. The molecule has 1 aromatic carbocycles. The molecule has 0 aromatic heterocycles. The van der Waals surface area contributed by atoms with E-state index in [0.29, 0.717) is 18.3 Å². The predicted octanol–water partition coefficient (Wildman–Crippen LogP) is 7.08. The highest BCUT2D eigenvalue weighted by atomic mass is 19.4. The molecule has 0 aliphatic heterocycles. The molecule has 126 valence electrons. The lowest BCUT2D eigenvalue weighted by Gasteiger charge is -2.22. The standard InChI is InChI=1S/C19H29F3/c1-12(2)17-10-16(11-18(13(3)4)15(17)6)14(5)8-7-9-19(20,21)22/h10-14H,7-9H2,1-6H3. The molecular weight excluding hydrogens is 285 g/mol. The van der Waals surface area contributed by atoms with Gasteiger partial charge in [0.05, 0.1) is 0 Å². The van der Waals surface area contributed by atoms with Crippen molar-refractivity contribution >= 4 is 0 Å². The molecule has 0 aliphatic carbocycles. The molecule has 0 radical (unpaired) electrons. The van der Waals surface area contributed by atoms with Gasteiger partial charge in [0.25, 0.3) is 0 Å². The van der Waals surface area contributed by atoms with Gasteiger partial charge in [-0.25, -0.2) is 0 Å². The summed E-state index contributed by atoms with van der Waals surface area (Å²) >= 11 is 0. The minimum Gasteiger partial charge on any atom is -0.171 e. The maximum atomic E-state index is 12.3. The van der Waals surface area contributed by atoms with Crippen LogP contribution in [0, 0.1) is 6.92 Å². The van der Waals surface area contributed by atoms with E-state index in [9.17, 15) is 13.2 Å². The van der Waals surface area contributed by atoms with Gasteiger partial charge >= 0.3 is 6.18 Å². The minimum absolute atomic E-state index is 0.165. The first-order valence-corrected chi connectivity index (χ1v) is 8.24. The fourth-order valence-corrected chi connectivity index (χ4v) is 3.04. The first-order chi connectivity index (χ1) is 10.0. The summed E-state index contributed by atoms with van der Waals surface area (Å²) in [6.07, 6.45) is -3.94. The Labute approximate surface area is 133 Å². The summed E-state index contributed by atoms with van der Waals surface area (Å²) in [6.45, 7) is 12.9. The quantitative estimate of drug-likeness (QED) is 0.526. The molecule has 0 heterocycles. The molecule has 1 atom stereocenters. The van der Waals surface area contributed by atoms with Crippen molar-refractivity contribution in [2.24, 2.45) is 0 Å². The van der Waals surface area contributed by atoms with Crippen LogP contribution in [0.5, 0.6) is 0 Å². The molecule has 0 saturated carbocycles. The molecule has 1 aromatic rings. The Balaban J connectivity index is 2.98. The third kappa shape index (κ3) is 5.33. The second kappa shape index (κ2) is 7.52. The fraction of sp³-hybridized carbons (Fsp3) is 0.684. The van der Waals surface area contributed by atoms with Crippen LogP contribution in [0.2, 0.25) is 0 Å². The molecule has 1 rings (SSSR count). The number of benzene rings is 1. The molecule has 0 aliphatic rings. The predicted molar refractivity (Wildman–Crippen MR) is 87.7 cm³/mol. The summed E-state index contributed by atoms with van der Waals surface area (Å²) in [7, 11) is 0. The summed E-state index contributed by atoms with van der Waals surface area (Å²) < 4.78 is 36.9. The van der Waals surface area contributed by atoms with Crippen LogP contribution >= 0.6 is 0 Å². The number of alkyl halides is 3. The van der Waals surface area contributed by atoms with Gasteiger partial charge in [-0.3, -0.25) is 0 Å². The van der Waals surface area contributed by atoms with Crippen LogP contribution in [0.15, 0.2) is 12.1 Å². The third-order valence-electron chi connectivity index (χ3n) is 4.42. The number of halogens is 3. The second-order valence-corrected chi connectivity index (χ2v) is 7.04. The van der Waals surface area contributed by atoms with E-state index in [2.05, 4.69) is 46.8 Å². The van der Waals surface area contributed by atoms with Crippen LogP contribution in [0.1, 0.15) is 93.9 Å². The number of rotatable bonds is 6. The molecule has 0 fully saturated rings. The van der Waals surface area contributed by atoms with E-state index in [0.717, 1.165) is 0 Å². The van der Waals surface area contributed by atoms with E-state index in [1.54, 1.807) is 0 Å². The molecule has 1 unspecified atom stereocenters. The van der Waals surface area contributed by atoms with Crippen molar-refractivity contribution in [3.05, 3.63) is 34.4 Å². The van der Waals surface area contributed by atoms with Gasteiger partial charge in [-0.05, 0) is 59.8 Å². The smallest absolute Gasteiger partial charge is 0.171 e. The van der Waals surface area contributed by atoms with E-state index in [1.807, 2.05) is 6.92 Å². The topological polar surface area (TPSA) is 0 Å². The average Bonchev–Trinajstić information content (AvgIpc) is 2.36. The van der Waals surface area contributed by atoms with Gasteiger partial charge in [-0.1, -0.05) is 46.8 Å². The summed E-state index contributed by atoms with van der Waals surface area (Å²) in [4.78, 5) is 0. The SMILES string of the molecule is Cc1c(C(C)C)cc(C(C)CCCC(F)(F)F)cc1C(C)C. The summed E-state index contributed by atoms with van der Waals surface area (Å²) in [5, 5.41) is 0. The largest absolute Gasteiger partial charge is 0.389 e. The Morgan fingerprint density at radius 1 is 0.909 bits per heavy atom. The molecule has 0 nitrogen and oxygen atoms in total. The maximum absolute atomic E-state index is 12.3. The molecule has 0 bridgehead atoms. The molecule has 22 heavy (non-hydrogen) atoms. The van der Waals surface area contributed by atoms with E-state index >= 15 is 0 Å². The van der Waals surface area contributed by atoms with Crippen LogP contribution in [0.4, 0.5) is 13.2 Å². The van der Waals surface area contributed by atoms with Gasteiger partial charge in [0.2, 0.25) is 0 Å². The molecule has 0 spiro atoms. The summed E-state index contributed by atoms with van der Waals surface area (Å²) in [5.74, 6) is 1.03. The normalized spacial score (nSPS) is 14.0. The van der Waals surface area contributed by atoms with Crippen molar-refractivity contribution in [1.82, 2.24) is 0 Å². The number of hydrogen-bond donors (Lipinski definition) is 0. The zero-order valence-corrected chi connectivity index (χ0v) is 14.6. The van der Waals surface area contributed by atoms with Gasteiger partial charge < -0.3 is 0 Å². The van der Waals surface area contributed by atoms with E-state index < -0.39 is 12.6 Å². The Morgan fingerprint density at radius 3 is 1.73 bits per heavy atom. The molecular formula is C19H29F3. The molecule has 3 heteroatoms.